The lowest BCUT2D eigenvalue weighted by Crippen LogP contribution is -2.50. The van der Waals surface area contributed by atoms with E-state index in [2.05, 4.69) is 34.0 Å². The number of carbonyl (C=O) groups excluding carboxylic acids is 1. The number of aromatic nitrogens is 4. The largest absolute Gasteiger partial charge is 0.351 e. The Balaban J connectivity index is 1.48. The molecular weight excluding hydrogens is 320 g/mol. The molecule has 0 unspecified atom stereocenters. The maximum atomic E-state index is 12.6. The van der Waals surface area contributed by atoms with Gasteiger partial charge in [0.2, 0.25) is 5.76 Å². The lowest BCUT2D eigenvalue weighted by molar-refractivity contribution is 0.0493. The van der Waals surface area contributed by atoms with Gasteiger partial charge < -0.3 is 9.42 Å². The number of rotatable bonds is 4. The third-order valence-electron chi connectivity index (χ3n) is 5.47. The Bertz CT molecular complexity index is 699. The molecule has 0 saturated carbocycles. The molecule has 2 saturated heterocycles. The molecule has 3 atom stereocenters. The molecule has 134 valence electrons. The van der Waals surface area contributed by atoms with Crippen LogP contribution in [-0.4, -0.2) is 66.8 Å². The van der Waals surface area contributed by atoms with Crippen LogP contribution in [0.1, 0.15) is 37.2 Å². The summed E-state index contributed by atoms with van der Waals surface area (Å²) in [7, 11) is 0. The Labute approximate surface area is 146 Å². The number of amides is 1. The SMILES string of the molecule is CC(C)N1[C@@H](Cn2cncn2)C[C@H]2CN(C(=O)c3ccno3)CC[C@H]21. The average Bonchev–Trinajstić information content (AvgIpc) is 3.34. The van der Waals surface area contributed by atoms with Gasteiger partial charge in [-0.25, -0.2) is 4.98 Å². The van der Waals surface area contributed by atoms with Gasteiger partial charge in [0.05, 0.1) is 12.7 Å². The van der Waals surface area contributed by atoms with Gasteiger partial charge in [-0.05, 0) is 32.6 Å². The predicted octanol–water partition coefficient (Wildman–Crippen LogP) is 1.28. The van der Waals surface area contributed by atoms with Crippen LogP contribution in [0.5, 0.6) is 0 Å². The van der Waals surface area contributed by atoms with E-state index < -0.39 is 0 Å². The minimum Gasteiger partial charge on any atom is -0.351 e. The van der Waals surface area contributed by atoms with Crippen LogP contribution in [0, 0.1) is 5.92 Å². The Hall–Kier alpha value is -2.22. The van der Waals surface area contributed by atoms with Crippen molar-refractivity contribution in [2.24, 2.45) is 5.92 Å². The Morgan fingerprint density at radius 2 is 2.32 bits per heavy atom. The van der Waals surface area contributed by atoms with E-state index in [1.807, 2.05) is 9.58 Å². The van der Waals surface area contributed by atoms with Crippen molar-refractivity contribution < 1.29 is 9.32 Å². The normalized spacial score (nSPS) is 27.0. The molecule has 2 fully saturated rings. The standard InChI is InChI=1S/C17H24N6O2/c1-12(2)23-14(9-22-11-18-10-19-22)7-13-8-21(6-4-15(13)23)17(24)16-3-5-20-25-16/h3,5,10-15H,4,6-9H2,1-2H3/t13-,14+,15+/m0/s1. The first kappa shape index (κ1) is 16.3. The molecule has 8 heteroatoms. The van der Waals surface area contributed by atoms with E-state index in [0.29, 0.717) is 29.8 Å². The molecule has 4 rings (SSSR count). The quantitative estimate of drug-likeness (QED) is 0.831. The van der Waals surface area contributed by atoms with Crippen LogP contribution in [-0.2, 0) is 6.54 Å². The predicted molar refractivity (Wildman–Crippen MR) is 89.7 cm³/mol. The molecule has 0 spiro atoms. The first-order valence-corrected chi connectivity index (χ1v) is 8.93. The van der Waals surface area contributed by atoms with Crippen molar-refractivity contribution in [2.45, 2.75) is 51.4 Å². The maximum absolute atomic E-state index is 12.6. The fourth-order valence-corrected chi connectivity index (χ4v) is 4.57. The molecule has 4 heterocycles. The zero-order valence-electron chi connectivity index (χ0n) is 14.7. The van der Waals surface area contributed by atoms with Gasteiger partial charge in [-0.3, -0.25) is 14.4 Å². The molecule has 1 amide bonds. The molecule has 0 radical (unpaired) electrons. The van der Waals surface area contributed by atoms with Crippen molar-refractivity contribution in [1.29, 1.82) is 0 Å². The summed E-state index contributed by atoms with van der Waals surface area (Å²) in [6, 6.07) is 3.06. The highest BCUT2D eigenvalue weighted by atomic mass is 16.5. The fraction of sp³-hybridized carbons (Fsp3) is 0.647. The number of hydrogen-bond acceptors (Lipinski definition) is 6. The van der Waals surface area contributed by atoms with Crippen molar-refractivity contribution in [1.82, 2.24) is 29.7 Å². The Morgan fingerprint density at radius 1 is 1.44 bits per heavy atom. The summed E-state index contributed by atoms with van der Waals surface area (Å²) in [5, 5.41) is 7.91. The van der Waals surface area contributed by atoms with Gasteiger partial charge in [-0.15, -0.1) is 0 Å². The lowest BCUT2D eigenvalue weighted by Gasteiger charge is -2.40. The van der Waals surface area contributed by atoms with Gasteiger partial charge >= 0.3 is 0 Å². The zero-order chi connectivity index (χ0) is 17.4. The molecule has 2 aromatic rings. The highest BCUT2D eigenvalue weighted by Crippen LogP contribution is 2.38. The maximum Gasteiger partial charge on any atom is 0.292 e. The summed E-state index contributed by atoms with van der Waals surface area (Å²) >= 11 is 0. The first-order valence-electron chi connectivity index (χ1n) is 8.93. The molecule has 2 aliphatic rings. The van der Waals surface area contributed by atoms with E-state index >= 15 is 0 Å². The van der Waals surface area contributed by atoms with Gasteiger partial charge in [0.25, 0.3) is 5.91 Å². The monoisotopic (exact) mass is 344 g/mol. The van der Waals surface area contributed by atoms with E-state index in [-0.39, 0.29) is 5.91 Å². The number of hydrogen-bond donors (Lipinski definition) is 0. The van der Waals surface area contributed by atoms with Crippen molar-refractivity contribution >= 4 is 5.91 Å². The molecule has 0 aliphatic carbocycles. The topological polar surface area (TPSA) is 80.3 Å². The minimum atomic E-state index is -0.0493. The summed E-state index contributed by atoms with van der Waals surface area (Å²) in [4.78, 5) is 21.1. The summed E-state index contributed by atoms with van der Waals surface area (Å²) < 4.78 is 6.95. The zero-order valence-corrected chi connectivity index (χ0v) is 14.7. The number of nitrogens with zero attached hydrogens (tertiary/aromatic N) is 6. The highest BCUT2D eigenvalue weighted by molar-refractivity contribution is 5.91. The second kappa shape index (κ2) is 6.59. The summed E-state index contributed by atoms with van der Waals surface area (Å²) in [5.41, 5.74) is 0. The lowest BCUT2D eigenvalue weighted by atomic mass is 9.91. The van der Waals surface area contributed by atoms with Crippen molar-refractivity contribution in [2.75, 3.05) is 13.1 Å². The minimum absolute atomic E-state index is 0.0493. The van der Waals surface area contributed by atoms with Crippen molar-refractivity contribution in [3.63, 3.8) is 0 Å². The Kier molecular flexibility index (Phi) is 4.29. The van der Waals surface area contributed by atoms with Crippen molar-refractivity contribution in [3.05, 3.63) is 30.7 Å². The molecule has 0 bridgehead atoms. The Morgan fingerprint density at radius 3 is 3.00 bits per heavy atom. The summed E-state index contributed by atoms with van der Waals surface area (Å²) in [6.45, 7) is 6.90. The third kappa shape index (κ3) is 3.06. The van der Waals surface area contributed by atoms with Crippen LogP contribution < -0.4 is 0 Å². The van der Waals surface area contributed by atoms with Crippen LogP contribution in [0.25, 0.3) is 0 Å². The second-order valence-electron chi connectivity index (χ2n) is 7.29. The molecule has 2 aromatic heterocycles. The molecule has 25 heavy (non-hydrogen) atoms. The van der Waals surface area contributed by atoms with Crippen LogP contribution in [0.15, 0.2) is 29.4 Å². The van der Waals surface area contributed by atoms with Gasteiger partial charge in [0.15, 0.2) is 0 Å². The van der Waals surface area contributed by atoms with Gasteiger partial charge in [0, 0.05) is 37.3 Å². The van der Waals surface area contributed by atoms with Crippen LogP contribution in [0.4, 0.5) is 0 Å². The number of piperidine rings is 1. The fourth-order valence-electron chi connectivity index (χ4n) is 4.57. The van der Waals surface area contributed by atoms with E-state index in [0.717, 1.165) is 32.5 Å². The molecule has 8 nitrogen and oxygen atoms in total. The average molecular weight is 344 g/mol. The van der Waals surface area contributed by atoms with Gasteiger partial charge in [0.1, 0.15) is 12.7 Å². The highest BCUT2D eigenvalue weighted by Gasteiger charge is 2.45. The number of fused-ring (bicyclic) bond motifs is 1. The number of carbonyl (C=O) groups is 1. The van der Waals surface area contributed by atoms with E-state index in [1.165, 1.54) is 6.20 Å². The molecule has 2 aliphatic heterocycles. The smallest absolute Gasteiger partial charge is 0.292 e. The van der Waals surface area contributed by atoms with Gasteiger partial charge in [-0.1, -0.05) is 5.16 Å². The van der Waals surface area contributed by atoms with E-state index in [1.54, 1.807) is 18.7 Å². The van der Waals surface area contributed by atoms with Crippen LogP contribution >= 0.6 is 0 Å². The third-order valence-corrected chi connectivity index (χ3v) is 5.47. The summed E-state index contributed by atoms with van der Waals surface area (Å²) in [6.07, 6.45) is 6.95. The molecular formula is C17H24N6O2. The van der Waals surface area contributed by atoms with Crippen LogP contribution in [0.2, 0.25) is 0 Å². The summed E-state index contributed by atoms with van der Waals surface area (Å²) in [5.74, 6) is 0.764. The second-order valence-corrected chi connectivity index (χ2v) is 7.29. The van der Waals surface area contributed by atoms with Crippen molar-refractivity contribution in [3.8, 4) is 0 Å². The van der Waals surface area contributed by atoms with E-state index in [4.69, 9.17) is 4.52 Å². The molecule has 0 N–H and O–H groups in total. The van der Waals surface area contributed by atoms with Gasteiger partial charge in [-0.2, -0.15) is 5.10 Å². The van der Waals surface area contributed by atoms with E-state index in [9.17, 15) is 4.79 Å². The first-order chi connectivity index (χ1) is 12.1. The van der Waals surface area contributed by atoms with Crippen LogP contribution in [0.3, 0.4) is 0 Å². The number of likely N-dealkylation sites (tertiary alicyclic amines) is 2. The molecule has 0 aromatic carbocycles.